The number of carbonyl (C=O) groups excluding carboxylic acids is 1. The summed E-state index contributed by atoms with van der Waals surface area (Å²) in [6, 6.07) is 8.79. The van der Waals surface area contributed by atoms with E-state index in [-0.39, 0.29) is 10.7 Å². The number of aryl methyl sites for hydroxylation is 1. The summed E-state index contributed by atoms with van der Waals surface area (Å²) >= 11 is 12.4. The number of hydrogen-bond donors (Lipinski definition) is 1. The van der Waals surface area contributed by atoms with E-state index in [1.165, 1.54) is 10.8 Å². The molecule has 7 heteroatoms. The number of nitrogens with two attached hydrogens (primary N) is 1. The Kier molecular flexibility index (Phi) is 4.32. The highest BCUT2D eigenvalue weighted by molar-refractivity contribution is 6.33. The lowest BCUT2D eigenvalue weighted by atomic mass is 10.1. The van der Waals surface area contributed by atoms with Crippen LogP contribution >= 0.6 is 23.2 Å². The molecule has 1 amide bonds. The number of hydrogen-bond acceptors (Lipinski definition) is 3. The molecule has 0 atom stereocenters. The number of para-hydroxylation sites is 1. The first-order valence-electron chi connectivity index (χ1n) is 5.87. The normalized spacial score (nSPS) is 11.2. The maximum Gasteiger partial charge on any atom is 0.259 e. The van der Waals surface area contributed by atoms with Gasteiger partial charge in [0.2, 0.25) is 0 Å². The minimum Gasteiger partial charge on any atom is -0.365 e. The number of rotatable bonds is 3. The van der Waals surface area contributed by atoms with Crippen molar-refractivity contribution in [2.45, 2.75) is 6.92 Å². The van der Waals surface area contributed by atoms with Gasteiger partial charge in [-0.1, -0.05) is 35.3 Å². The number of carbonyl (C=O) groups is 1. The monoisotopic (exact) mass is 320 g/mol. The maximum atomic E-state index is 11.1. The molecule has 1 heterocycles. The van der Waals surface area contributed by atoms with Gasteiger partial charge in [0.15, 0.2) is 0 Å². The fourth-order valence-electron chi connectivity index (χ4n) is 1.76. The fourth-order valence-corrected chi connectivity index (χ4v) is 2.30. The van der Waals surface area contributed by atoms with E-state index in [9.17, 15) is 4.79 Å². The van der Waals surface area contributed by atoms with Crippen molar-refractivity contribution < 1.29 is 4.79 Å². The predicted molar refractivity (Wildman–Crippen MR) is 81.1 cm³/mol. The summed E-state index contributed by atoms with van der Waals surface area (Å²) in [5.41, 5.74) is 6.52. The van der Waals surface area contributed by atoms with E-state index in [0.717, 1.165) is 0 Å². The molecule has 21 heavy (non-hydrogen) atoms. The second-order valence-electron chi connectivity index (χ2n) is 4.19. The number of primary amides is 1. The maximum absolute atomic E-state index is 11.1. The molecule has 0 aliphatic rings. The van der Waals surface area contributed by atoms with Gasteiger partial charge >= 0.3 is 0 Å². The lowest BCUT2D eigenvalue weighted by Gasteiger charge is -2.05. The molecule has 106 valence electrons. The van der Waals surface area contributed by atoms with Crippen LogP contribution in [0.25, 0.3) is 11.8 Å². The molecule has 0 spiro atoms. The molecule has 0 bridgehead atoms. The SMILES string of the molecule is Cc1nn(-c2ccccc2Cl)c(Cl)c1/C=C(\C#N)C(N)=O. The Bertz CT molecular complexity index is 787. The molecular formula is C14H10Cl2N4O. The van der Waals surface area contributed by atoms with Crippen molar-refractivity contribution in [2.75, 3.05) is 0 Å². The summed E-state index contributed by atoms with van der Waals surface area (Å²) in [5.74, 6) is -0.821. The van der Waals surface area contributed by atoms with Crippen molar-refractivity contribution in [3.8, 4) is 11.8 Å². The zero-order valence-corrected chi connectivity index (χ0v) is 12.5. The average Bonchev–Trinajstić information content (AvgIpc) is 2.72. The molecule has 1 aromatic carbocycles. The van der Waals surface area contributed by atoms with Crippen LogP contribution in [-0.4, -0.2) is 15.7 Å². The molecule has 0 saturated carbocycles. The van der Waals surface area contributed by atoms with Gasteiger partial charge in [-0.25, -0.2) is 4.68 Å². The molecule has 2 rings (SSSR count). The molecular weight excluding hydrogens is 311 g/mol. The van der Waals surface area contributed by atoms with Crippen molar-refractivity contribution in [3.05, 3.63) is 51.3 Å². The average molecular weight is 321 g/mol. The predicted octanol–water partition coefficient (Wildman–Crippen LogP) is 2.88. The Hall–Kier alpha value is -2.29. The summed E-state index contributed by atoms with van der Waals surface area (Å²) < 4.78 is 1.45. The van der Waals surface area contributed by atoms with Crippen LogP contribution in [0.2, 0.25) is 10.2 Å². The van der Waals surface area contributed by atoms with E-state index in [1.807, 2.05) is 0 Å². The van der Waals surface area contributed by atoms with E-state index >= 15 is 0 Å². The van der Waals surface area contributed by atoms with E-state index in [1.54, 1.807) is 37.3 Å². The Morgan fingerprint density at radius 2 is 2.10 bits per heavy atom. The molecule has 1 aromatic heterocycles. The highest BCUT2D eigenvalue weighted by Gasteiger charge is 2.16. The number of halogens is 2. The van der Waals surface area contributed by atoms with Gasteiger partial charge in [0.05, 0.1) is 16.4 Å². The van der Waals surface area contributed by atoms with Crippen molar-refractivity contribution in [3.63, 3.8) is 0 Å². The van der Waals surface area contributed by atoms with E-state index in [4.69, 9.17) is 34.2 Å². The standard InChI is InChI=1S/C14H10Cl2N4O/c1-8-10(6-9(7-17)14(18)21)13(16)20(19-8)12-5-3-2-4-11(12)15/h2-6H,1H3,(H2,18,21)/b9-6+. The molecule has 0 aliphatic carbocycles. The van der Waals surface area contributed by atoms with Gasteiger partial charge in [0, 0.05) is 5.56 Å². The first-order valence-corrected chi connectivity index (χ1v) is 6.63. The van der Waals surface area contributed by atoms with Gasteiger partial charge in [-0.3, -0.25) is 4.79 Å². The van der Waals surface area contributed by atoms with Crippen LogP contribution in [0.1, 0.15) is 11.3 Å². The van der Waals surface area contributed by atoms with Gasteiger partial charge < -0.3 is 5.73 Å². The van der Waals surface area contributed by atoms with E-state index < -0.39 is 5.91 Å². The summed E-state index contributed by atoms with van der Waals surface area (Å²) in [6.45, 7) is 1.71. The number of nitrogens with zero attached hydrogens (tertiary/aromatic N) is 3. The first kappa shape index (κ1) is 15.1. The smallest absolute Gasteiger partial charge is 0.259 e. The van der Waals surface area contributed by atoms with Gasteiger partial charge in [0.1, 0.15) is 16.8 Å². The topological polar surface area (TPSA) is 84.7 Å². The van der Waals surface area contributed by atoms with Crippen molar-refractivity contribution in [1.29, 1.82) is 5.26 Å². The number of aromatic nitrogens is 2. The lowest BCUT2D eigenvalue weighted by Crippen LogP contribution is -2.12. The highest BCUT2D eigenvalue weighted by Crippen LogP contribution is 2.28. The summed E-state index contributed by atoms with van der Waals surface area (Å²) in [4.78, 5) is 11.1. The minimum absolute atomic E-state index is 0.196. The number of benzene rings is 1. The molecule has 0 saturated heterocycles. The number of nitriles is 1. The van der Waals surface area contributed by atoms with Crippen LogP contribution in [0, 0.1) is 18.3 Å². The molecule has 2 N–H and O–H groups in total. The molecule has 0 aliphatic heterocycles. The summed E-state index contributed by atoms with van der Waals surface area (Å²) in [7, 11) is 0. The van der Waals surface area contributed by atoms with Crippen LogP contribution in [0.15, 0.2) is 29.8 Å². The number of amides is 1. The quantitative estimate of drug-likeness (QED) is 0.697. The zero-order chi connectivity index (χ0) is 15.6. The van der Waals surface area contributed by atoms with E-state index in [0.29, 0.717) is 22.0 Å². The third-order valence-corrected chi connectivity index (χ3v) is 3.49. The first-order chi connectivity index (χ1) is 9.95. The Labute approximate surface area is 131 Å². The van der Waals surface area contributed by atoms with Crippen molar-refractivity contribution >= 4 is 35.2 Å². The second kappa shape index (κ2) is 6.00. The Balaban J connectivity index is 2.62. The molecule has 2 aromatic rings. The van der Waals surface area contributed by atoms with Gasteiger partial charge in [-0.2, -0.15) is 10.4 Å². The minimum atomic E-state index is -0.821. The van der Waals surface area contributed by atoms with Crippen molar-refractivity contribution in [1.82, 2.24) is 9.78 Å². The molecule has 5 nitrogen and oxygen atoms in total. The zero-order valence-electron chi connectivity index (χ0n) is 11.0. The fraction of sp³-hybridized carbons (Fsp3) is 0.0714. The highest BCUT2D eigenvalue weighted by atomic mass is 35.5. The van der Waals surface area contributed by atoms with Crippen molar-refractivity contribution in [2.24, 2.45) is 5.73 Å². The van der Waals surface area contributed by atoms with E-state index in [2.05, 4.69) is 5.10 Å². The van der Waals surface area contributed by atoms with Gasteiger partial charge in [0.25, 0.3) is 5.91 Å². The molecule has 0 unspecified atom stereocenters. The summed E-state index contributed by atoms with van der Waals surface area (Å²) in [5, 5.41) is 13.9. The lowest BCUT2D eigenvalue weighted by molar-refractivity contribution is -0.114. The third kappa shape index (κ3) is 2.92. The van der Waals surface area contributed by atoms with Gasteiger partial charge in [-0.15, -0.1) is 0 Å². The van der Waals surface area contributed by atoms with Crippen LogP contribution in [-0.2, 0) is 4.79 Å². The Morgan fingerprint density at radius 3 is 2.67 bits per heavy atom. The van der Waals surface area contributed by atoms with Gasteiger partial charge in [-0.05, 0) is 25.1 Å². The molecule has 0 radical (unpaired) electrons. The van der Waals surface area contributed by atoms with Crippen LogP contribution in [0.5, 0.6) is 0 Å². The molecule has 0 fully saturated rings. The largest absolute Gasteiger partial charge is 0.365 e. The van der Waals surface area contributed by atoms with Crippen LogP contribution in [0.3, 0.4) is 0 Å². The summed E-state index contributed by atoms with van der Waals surface area (Å²) in [6.07, 6.45) is 1.32. The third-order valence-electron chi connectivity index (χ3n) is 2.80. The van der Waals surface area contributed by atoms with Crippen LogP contribution < -0.4 is 5.73 Å². The Morgan fingerprint density at radius 1 is 1.43 bits per heavy atom. The second-order valence-corrected chi connectivity index (χ2v) is 4.95. The van der Waals surface area contributed by atoms with Crippen LogP contribution in [0.4, 0.5) is 0 Å².